The molecule has 0 atom stereocenters. The first-order valence-corrected chi connectivity index (χ1v) is 9.85. The summed E-state index contributed by atoms with van der Waals surface area (Å²) in [6.45, 7) is 1.93. The Morgan fingerprint density at radius 2 is 1.42 bits per heavy atom. The number of imide groups is 1. The van der Waals surface area contributed by atoms with Gasteiger partial charge in [0, 0.05) is 25.5 Å². The summed E-state index contributed by atoms with van der Waals surface area (Å²) in [4.78, 5) is 29.8. The van der Waals surface area contributed by atoms with E-state index in [-0.39, 0.29) is 11.3 Å². The molecule has 6 heteroatoms. The molecule has 2 amide bonds. The largest absolute Gasteiger partial charge is 0.378 e. The van der Waals surface area contributed by atoms with Gasteiger partial charge in [0.05, 0.1) is 11.3 Å². The minimum atomic E-state index is -0.454. The number of aryl methyl sites for hydroxylation is 1. The van der Waals surface area contributed by atoms with Gasteiger partial charge in [-0.25, -0.2) is 9.29 Å². The zero-order chi connectivity index (χ0) is 22.1. The Balaban J connectivity index is 1.77. The van der Waals surface area contributed by atoms with Crippen molar-refractivity contribution in [3.05, 3.63) is 95.4 Å². The molecule has 5 nitrogen and oxygen atoms in total. The highest BCUT2D eigenvalue weighted by Crippen LogP contribution is 2.34. The van der Waals surface area contributed by atoms with Crippen LogP contribution in [-0.2, 0) is 9.59 Å². The van der Waals surface area contributed by atoms with Crippen LogP contribution in [0.3, 0.4) is 0 Å². The van der Waals surface area contributed by atoms with Crippen molar-refractivity contribution in [2.45, 2.75) is 6.92 Å². The quantitative estimate of drug-likeness (QED) is 0.619. The number of hydrogen-bond donors (Lipinski definition) is 1. The van der Waals surface area contributed by atoms with Gasteiger partial charge in [0.1, 0.15) is 11.5 Å². The smallest absolute Gasteiger partial charge is 0.282 e. The molecule has 0 saturated carbocycles. The number of benzene rings is 3. The molecule has 156 valence electrons. The van der Waals surface area contributed by atoms with Gasteiger partial charge < -0.3 is 10.2 Å². The van der Waals surface area contributed by atoms with Gasteiger partial charge in [0.2, 0.25) is 0 Å². The lowest BCUT2D eigenvalue weighted by molar-refractivity contribution is -0.120. The van der Waals surface area contributed by atoms with E-state index >= 15 is 0 Å². The van der Waals surface area contributed by atoms with Crippen molar-refractivity contribution in [1.82, 2.24) is 0 Å². The van der Waals surface area contributed by atoms with E-state index in [4.69, 9.17) is 0 Å². The van der Waals surface area contributed by atoms with Crippen LogP contribution in [0.15, 0.2) is 78.5 Å². The summed E-state index contributed by atoms with van der Waals surface area (Å²) in [6.07, 6.45) is 0. The highest BCUT2D eigenvalue weighted by Gasteiger charge is 2.40. The van der Waals surface area contributed by atoms with Crippen molar-refractivity contribution in [2.24, 2.45) is 0 Å². The predicted molar refractivity (Wildman–Crippen MR) is 121 cm³/mol. The van der Waals surface area contributed by atoms with Crippen LogP contribution in [0.5, 0.6) is 0 Å². The van der Waals surface area contributed by atoms with Gasteiger partial charge >= 0.3 is 0 Å². The molecule has 0 bridgehead atoms. The van der Waals surface area contributed by atoms with Crippen LogP contribution in [0.4, 0.5) is 21.5 Å². The van der Waals surface area contributed by atoms with Crippen LogP contribution in [0.25, 0.3) is 5.57 Å². The third-order valence-corrected chi connectivity index (χ3v) is 5.16. The number of nitrogens with zero attached hydrogens (tertiary/aromatic N) is 2. The molecular weight excluding hydrogens is 393 g/mol. The number of amides is 2. The van der Waals surface area contributed by atoms with Crippen molar-refractivity contribution >= 4 is 34.4 Å². The lowest BCUT2D eigenvalue weighted by Gasteiger charge is -2.16. The van der Waals surface area contributed by atoms with E-state index in [9.17, 15) is 14.0 Å². The van der Waals surface area contributed by atoms with E-state index in [1.54, 1.807) is 12.1 Å². The summed E-state index contributed by atoms with van der Waals surface area (Å²) in [6, 6.07) is 20.3. The van der Waals surface area contributed by atoms with Crippen LogP contribution in [0.2, 0.25) is 0 Å². The molecule has 1 aliphatic rings. The Morgan fingerprint density at radius 3 is 2.00 bits per heavy atom. The molecule has 0 spiro atoms. The van der Waals surface area contributed by atoms with Crippen LogP contribution >= 0.6 is 0 Å². The zero-order valence-corrected chi connectivity index (χ0v) is 17.5. The maximum Gasteiger partial charge on any atom is 0.282 e. The summed E-state index contributed by atoms with van der Waals surface area (Å²) in [5, 5.41) is 3.12. The van der Waals surface area contributed by atoms with E-state index in [1.807, 2.05) is 62.3 Å². The lowest BCUT2D eigenvalue weighted by atomic mass is 10.0. The fourth-order valence-electron chi connectivity index (χ4n) is 3.45. The Bertz CT molecular complexity index is 1160. The van der Waals surface area contributed by atoms with Crippen LogP contribution in [0.1, 0.15) is 11.1 Å². The number of hydrogen-bond acceptors (Lipinski definition) is 4. The molecule has 31 heavy (non-hydrogen) atoms. The van der Waals surface area contributed by atoms with E-state index < -0.39 is 17.6 Å². The van der Waals surface area contributed by atoms with Gasteiger partial charge in [-0.1, -0.05) is 29.8 Å². The molecular formula is C25H22FN3O2. The number of carbonyl (C=O) groups is 2. The normalized spacial score (nSPS) is 13.7. The first kappa shape index (κ1) is 20.3. The highest BCUT2D eigenvalue weighted by atomic mass is 19.1. The second kappa shape index (κ2) is 8.07. The van der Waals surface area contributed by atoms with Crippen LogP contribution in [0, 0.1) is 12.7 Å². The van der Waals surface area contributed by atoms with Crippen molar-refractivity contribution in [2.75, 3.05) is 29.2 Å². The Hall–Kier alpha value is -3.93. The van der Waals surface area contributed by atoms with Crippen molar-refractivity contribution < 1.29 is 14.0 Å². The standard InChI is InChI=1S/C25H22FN3O2/c1-16-4-12-21(13-5-16)29-24(30)22(17-6-8-18(26)9-7-17)23(25(29)31)27-19-10-14-20(15-11-19)28(2)3/h4-15,27H,1-3H3. The molecule has 0 aliphatic carbocycles. The average Bonchev–Trinajstić information content (AvgIpc) is 2.99. The van der Waals surface area contributed by atoms with E-state index in [1.165, 1.54) is 24.3 Å². The monoisotopic (exact) mass is 415 g/mol. The summed E-state index contributed by atoms with van der Waals surface area (Å²) >= 11 is 0. The van der Waals surface area contributed by atoms with E-state index in [0.717, 1.165) is 16.2 Å². The summed E-state index contributed by atoms with van der Waals surface area (Å²) in [5.74, 6) is -1.32. The van der Waals surface area contributed by atoms with E-state index in [2.05, 4.69) is 5.32 Å². The van der Waals surface area contributed by atoms with Crippen molar-refractivity contribution in [3.8, 4) is 0 Å². The molecule has 0 aromatic heterocycles. The van der Waals surface area contributed by atoms with Crippen molar-refractivity contribution in [3.63, 3.8) is 0 Å². The van der Waals surface area contributed by atoms with Gasteiger partial charge in [-0.15, -0.1) is 0 Å². The van der Waals surface area contributed by atoms with Gasteiger partial charge in [-0.05, 0) is 61.0 Å². The molecule has 1 N–H and O–H groups in total. The molecule has 3 aromatic carbocycles. The number of halogens is 1. The fourth-order valence-corrected chi connectivity index (χ4v) is 3.45. The van der Waals surface area contributed by atoms with Gasteiger partial charge in [0.15, 0.2) is 0 Å². The zero-order valence-electron chi connectivity index (χ0n) is 17.5. The van der Waals surface area contributed by atoms with Gasteiger partial charge in [-0.3, -0.25) is 9.59 Å². The number of carbonyl (C=O) groups excluding carboxylic acids is 2. The molecule has 0 unspecified atom stereocenters. The molecule has 0 saturated heterocycles. The molecule has 1 heterocycles. The number of nitrogens with one attached hydrogen (secondary N) is 1. The summed E-state index contributed by atoms with van der Waals surface area (Å²) in [5.41, 5.74) is 4.04. The maximum absolute atomic E-state index is 13.5. The highest BCUT2D eigenvalue weighted by molar-refractivity contribution is 6.46. The van der Waals surface area contributed by atoms with Gasteiger partial charge in [-0.2, -0.15) is 0 Å². The minimum absolute atomic E-state index is 0.162. The maximum atomic E-state index is 13.5. The second-order valence-electron chi connectivity index (χ2n) is 7.60. The second-order valence-corrected chi connectivity index (χ2v) is 7.60. The molecule has 0 fully saturated rings. The molecule has 3 aromatic rings. The van der Waals surface area contributed by atoms with Crippen LogP contribution < -0.4 is 15.1 Å². The molecule has 0 radical (unpaired) electrons. The fraction of sp³-hybridized carbons (Fsp3) is 0.120. The molecule has 4 rings (SSSR count). The Labute approximate surface area is 180 Å². The van der Waals surface area contributed by atoms with E-state index in [0.29, 0.717) is 16.9 Å². The van der Waals surface area contributed by atoms with Gasteiger partial charge in [0.25, 0.3) is 11.8 Å². The summed E-state index contributed by atoms with van der Waals surface area (Å²) < 4.78 is 13.5. The number of rotatable bonds is 5. The number of anilines is 3. The first-order valence-electron chi connectivity index (χ1n) is 9.85. The topological polar surface area (TPSA) is 52.7 Å². The average molecular weight is 415 g/mol. The molecule has 1 aliphatic heterocycles. The SMILES string of the molecule is Cc1ccc(N2C(=O)C(Nc3ccc(N(C)C)cc3)=C(c3ccc(F)cc3)C2=O)cc1. The summed E-state index contributed by atoms with van der Waals surface area (Å²) in [7, 11) is 3.88. The third kappa shape index (κ3) is 3.92. The Kier molecular flexibility index (Phi) is 5.29. The third-order valence-electron chi connectivity index (χ3n) is 5.16. The predicted octanol–water partition coefficient (Wildman–Crippen LogP) is 4.60. The lowest BCUT2D eigenvalue weighted by Crippen LogP contribution is -2.32. The first-order chi connectivity index (χ1) is 14.8. The van der Waals surface area contributed by atoms with Crippen LogP contribution in [-0.4, -0.2) is 25.9 Å². The van der Waals surface area contributed by atoms with Crippen molar-refractivity contribution in [1.29, 1.82) is 0 Å². The Morgan fingerprint density at radius 1 is 0.806 bits per heavy atom. The minimum Gasteiger partial charge on any atom is -0.378 e.